The largest absolute Gasteiger partial charge is 0.508 e. The van der Waals surface area contributed by atoms with E-state index in [1.165, 1.54) is 6.92 Å². The Kier molecular flexibility index (Phi) is 7.42. The number of rotatable bonds is 7. The number of likely N-dealkylation sites (N-methyl/N-ethyl adjacent to an activating group) is 1. The van der Waals surface area contributed by atoms with Crippen molar-refractivity contribution < 1.29 is 24.6 Å². The number of hydrogen-bond acceptors (Lipinski definition) is 6. The van der Waals surface area contributed by atoms with Crippen molar-refractivity contribution in [2.45, 2.75) is 70.1 Å². The molecular weight excluding hydrogens is 448 g/mol. The van der Waals surface area contributed by atoms with Gasteiger partial charge in [-0.1, -0.05) is 6.07 Å². The molecule has 0 radical (unpaired) electrons. The number of fused-ring (bicyclic) bond motifs is 1. The summed E-state index contributed by atoms with van der Waals surface area (Å²) in [6.07, 6.45) is 3.36. The van der Waals surface area contributed by atoms with E-state index in [9.17, 15) is 24.6 Å². The number of nitrogens with one attached hydrogen (secondary N) is 2. The van der Waals surface area contributed by atoms with Crippen molar-refractivity contribution in [1.82, 2.24) is 15.5 Å². The number of nitrogens with two attached hydrogens (primary N) is 1. The van der Waals surface area contributed by atoms with E-state index in [0.29, 0.717) is 36.1 Å². The number of phenols is 1. The zero-order valence-electron chi connectivity index (χ0n) is 21.0. The smallest absolute Gasteiger partial charge is 0.247 e. The number of likely N-dealkylation sites (tertiary alicyclic amines) is 1. The van der Waals surface area contributed by atoms with Gasteiger partial charge in [0.25, 0.3) is 0 Å². The summed E-state index contributed by atoms with van der Waals surface area (Å²) in [6.45, 7) is 7.76. The molecule has 0 saturated carbocycles. The van der Waals surface area contributed by atoms with Crippen LogP contribution in [0.3, 0.4) is 0 Å². The predicted molar refractivity (Wildman–Crippen MR) is 132 cm³/mol. The molecular formula is C26H36N4O5. The molecule has 2 aliphatic rings. The number of benzene rings is 1. The first-order valence-corrected chi connectivity index (χ1v) is 11.8. The van der Waals surface area contributed by atoms with Crippen LogP contribution in [0, 0.1) is 6.92 Å². The number of aryl methyl sites for hydroxylation is 1. The maximum absolute atomic E-state index is 12.6. The number of amides is 3. The number of primary amides is 1. The number of aromatic hydroxyl groups is 1. The Morgan fingerprint density at radius 3 is 2.63 bits per heavy atom. The lowest BCUT2D eigenvalue weighted by Crippen LogP contribution is -2.68. The van der Waals surface area contributed by atoms with Crippen molar-refractivity contribution in [3.8, 4) is 5.75 Å². The van der Waals surface area contributed by atoms with E-state index in [1.807, 2.05) is 27.0 Å². The molecule has 4 unspecified atom stereocenters. The highest BCUT2D eigenvalue weighted by atomic mass is 16.3. The van der Waals surface area contributed by atoms with Crippen LogP contribution in [-0.2, 0) is 19.8 Å². The van der Waals surface area contributed by atoms with Gasteiger partial charge in [-0.25, -0.2) is 0 Å². The predicted octanol–water partition coefficient (Wildman–Crippen LogP) is 1.12. The highest BCUT2D eigenvalue weighted by Gasteiger charge is 2.60. The first-order chi connectivity index (χ1) is 16.4. The number of piperidine rings is 1. The van der Waals surface area contributed by atoms with E-state index in [-0.39, 0.29) is 18.2 Å². The topological polar surface area (TPSA) is 145 Å². The molecule has 4 atom stereocenters. The van der Waals surface area contributed by atoms with Gasteiger partial charge in [-0.3, -0.25) is 14.4 Å². The minimum atomic E-state index is -1.25. The van der Waals surface area contributed by atoms with Crippen LogP contribution in [0.15, 0.2) is 41.1 Å². The minimum absolute atomic E-state index is 0.115. The second-order valence-corrected chi connectivity index (χ2v) is 9.96. The van der Waals surface area contributed by atoms with Gasteiger partial charge >= 0.3 is 0 Å². The van der Waals surface area contributed by atoms with Crippen LogP contribution in [0.2, 0.25) is 0 Å². The lowest BCUT2D eigenvalue weighted by Gasteiger charge is -2.60. The molecule has 0 spiro atoms. The number of phenolic OH excluding ortho intramolecular Hbond substituents is 1. The molecule has 1 fully saturated rings. The summed E-state index contributed by atoms with van der Waals surface area (Å²) in [5.74, 6) is -0.994. The molecule has 6 N–H and O–H groups in total. The lowest BCUT2D eigenvalue weighted by molar-refractivity contribution is -0.132. The molecule has 3 amide bonds. The second-order valence-electron chi connectivity index (χ2n) is 9.96. The Morgan fingerprint density at radius 2 is 2.00 bits per heavy atom. The molecule has 0 aromatic heterocycles. The summed E-state index contributed by atoms with van der Waals surface area (Å²) in [4.78, 5) is 37.7. The molecule has 0 bridgehead atoms. The van der Waals surface area contributed by atoms with Crippen molar-refractivity contribution in [2.75, 3.05) is 13.6 Å². The molecule has 35 heavy (non-hydrogen) atoms. The minimum Gasteiger partial charge on any atom is -0.508 e. The third-order valence-electron chi connectivity index (χ3n) is 7.89. The highest BCUT2D eigenvalue weighted by molar-refractivity contribution is 5.96. The number of hydrogen-bond donors (Lipinski definition) is 5. The lowest BCUT2D eigenvalue weighted by atomic mass is 9.53. The van der Waals surface area contributed by atoms with Crippen LogP contribution in [0.4, 0.5) is 0 Å². The summed E-state index contributed by atoms with van der Waals surface area (Å²) in [6, 6.07) is 4.09. The summed E-state index contributed by atoms with van der Waals surface area (Å²) in [5, 5.41) is 28.1. The first kappa shape index (κ1) is 26.4. The molecule has 9 heteroatoms. The van der Waals surface area contributed by atoms with Crippen molar-refractivity contribution >= 4 is 18.2 Å². The maximum Gasteiger partial charge on any atom is 0.247 e. The quantitative estimate of drug-likeness (QED) is 0.290. The van der Waals surface area contributed by atoms with E-state index in [2.05, 4.69) is 15.5 Å². The Bertz CT molecular complexity index is 1100. The van der Waals surface area contributed by atoms with E-state index < -0.39 is 28.9 Å². The summed E-state index contributed by atoms with van der Waals surface area (Å²) in [7, 11) is 1.96. The Hall–Kier alpha value is -3.17. The standard InChI is InChI=1S/C26H36N4O5/c1-15-6-7-20(32)11-21(15)25-8-9-30(5)18(4)26(25,35)12-19(22(13-25)28-14-31)10-16(2)24(34)29-17(3)23(27)33/h6-7,10-11,14,17-18,32,35H,8-9,12-13H2,1-5H3,(H2,27,33)(H,28,31)(H,29,34)/b16-10+. The zero-order chi connectivity index (χ0) is 26.1. The number of carbonyl (C=O) groups excluding carboxylic acids is 3. The monoisotopic (exact) mass is 484 g/mol. The summed E-state index contributed by atoms with van der Waals surface area (Å²) < 4.78 is 0. The average Bonchev–Trinajstić information content (AvgIpc) is 2.80. The number of carbonyl (C=O) groups is 3. The van der Waals surface area contributed by atoms with E-state index in [0.717, 1.165) is 17.7 Å². The van der Waals surface area contributed by atoms with Crippen molar-refractivity contribution in [2.24, 2.45) is 5.73 Å². The van der Waals surface area contributed by atoms with Gasteiger partial charge in [-0.05, 0) is 82.6 Å². The van der Waals surface area contributed by atoms with Gasteiger partial charge in [0.2, 0.25) is 18.2 Å². The van der Waals surface area contributed by atoms with Gasteiger partial charge in [-0.15, -0.1) is 0 Å². The molecule has 1 saturated heterocycles. The molecule has 1 aliphatic heterocycles. The SMILES string of the molecule is C/C(=C\C1=C(NC=O)CC2(c3cc(O)ccc3C)CCN(C)C(C)C2(O)C1)C(=O)NC(C)C(N)=O. The Balaban J connectivity index is 2.16. The molecule has 9 nitrogen and oxygen atoms in total. The fourth-order valence-corrected chi connectivity index (χ4v) is 5.56. The summed E-state index contributed by atoms with van der Waals surface area (Å²) >= 11 is 0. The molecule has 1 heterocycles. The third kappa shape index (κ3) is 4.70. The van der Waals surface area contributed by atoms with Crippen LogP contribution >= 0.6 is 0 Å². The second kappa shape index (κ2) is 9.83. The van der Waals surface area contributed by atoms with Gasteiger partial charge < -0.3 is 31.5 Å². The third-order valence-corrected chi connectivity index (χ3v) is 7.89. The number of nitrogens with zero attached hydrogens (tertiary/aromatic N) is 1. The first-order valence-electron chi connectivity index (χ1n) is 11.8. The van der Waals surface area contributed by atoms with Gasteiger partial charge in [0, 0.05) is 35.6 Å². The van der Waals surface area contributed by atoms with Crippen molar-refractivity contribution in [3.05, 3.63) is 52.2 Å². The highest BCUT2D eigenvalue weighted by Crippen LogP contribution is 2.56. The van der Waals surface area contributed by atoms with Crippen LogP contribution in [0.25, 0.3) is 0 Å². The molecule has 1 aromatic rings. The van der Waals surface area contributed by atoms with Crippen molar-refractivity contribution in [1.29, 1.82) is 0 Å². The van der Waals surface area contributed by atoms with Crippen molar-refractivity contribution in [3.63, 3.8) is 0 Å². The van der Waals surface area contributed by atoms with Crippen LogP contribution in [0.5, 0.6) is 5.75 Å². The maximum atomic E-state index is 12.6. The normalized spacial score (nSPS) is 28.2. The summed E-state index contributed by atoms with van der Waals surface area (Å²) in [5.41, 5.74) is 6.59. The van der Waals surface area contributed by atoms with Gasteiger partial charge in [0.1, 0.15) is 11.8 Å². The molecule has 190 valence electrons. The van der Waals surface area contributed by atoms with E-state index in [4.69, 9.17) is 5.73 Å². The van der Waals surface area contributed by atoms with E-state index >= 15 is 0 Å². The van der Waals surface area contributed by atoms with Gasteiger partial charge in [-0.2, -0.15) is 0 Å². The molecule has 1 aromatic carbocycles. The zero-order valence-corrected chi connectivity index (χ0v) is 21.0. The molecule has 1 aliphatic carbocycles. The van der Waals surface area contributed by atoms with Gasteiger partial charge in [0.05, 0.1) is 5.60 Å². The average molecular weight is 485 g/mol. The van der Waals surface area contributed by atoms with Crippen LogP contribution < -0.4 is 16.4 Å². The number of allylic oxidation sites excluding steroid dienone is 2. The van der Waals surface area contributed by atoms with Gasteiger partial charge in [0.15, 0.2) is 0 Å². The van der Waals surface area contributed by atoms with Crippen LogP contribution in [-0.4, -0.2) is 64.6 Å². The Morgan fingerprint density at radius 1 is 1.31 bits per heavy atom. The fourth-order valence-electron chi connectivity index (χ4n) is 5.56. The Labute approximate surface area is 206 Å². The fraction of sp³-hybridized carbons (Fsp3) is 0.500. The molecule has 3 rings (SSSR count). The van der Waals surface area contributed by atoms with Crippen LogP contribution in [0.1, 0.15) is 51.2 Å². The number of aliphatic hydroxyl groups is 1. The van der Waals surface area contributed by atoms with E-state index in [1.54, 1.807) is 25.1 Å².